The SMILES string of the molecule is C=CCN1C(=O)c2ccc(C(=O)OCC(=O)Nc3cc(C(=O)OC)cc(C(=O)OC)c3)cc2C1=O. The summed E-state index contributed by atoms with van der Waals surface area (Å²) in [4.78, 5) is 74.1. The fraction of sp³-hybridized carbons (Fsp3) is 0.167. The van der Waals surface area contributed by atoms with Crippen molar-refractivity contribution >= 4 is 41.3 Å². The summed E-state index contributed by atoms with van der Waals surface area (Å²) in [5.74, 6) is -4.21. The molecule has 1 N–H and O–H groups in total. The number of rotatable bonds is 8. The predicted octanol–water partition coefficient (Wildman–Crippen LogP) is 1.84. The van der Waals surface area contributed by atoms with Gasteiger partial charge in [-0.25, -0.2) is 14.4 Å². The summed E-state index contributed by atoms with van der Waals surface area (Å²) >= 11 is 0. The van der Waals surface area contributed by atoms with Gasteiger partial charge in [0, 0.05) is 12.2 Å². The minimum Gasteiger partial charge on any atom is -0.465 e. The lowest BCUT2D eigenvalue weighted by atomic mass is 10.1. The van der Waals surface area contributed by atoms with E-state index >= 15 is 0 Å². The van der Waals surface area contributed by atoms with E-state index in [9.17, 15) is 28.8 Å². The molecular weight excluding hydrogens is 460 g/mol. The molecule has 0 atom stereocenters. The van der Waals surface area contributed by atoms with Crippen LogP contribution in [0.3, 0.4) is 0 Å². The number of nitrogens with one attached hydrogen (secondary N) is 1. The highest BCUT2D eigenvalue weighted by molar-refractivity contribution is 6.22. The molecule has 3 rings (SSSR count). The van der Waals surface area contributed by atoms with Crippen molar-refractivity contribution in [3.05, 3.63) is 76.9 Å². The van der Waals surface area contributed by atoms with Gasteiger partial charge in [-0.05, 0) is 36.4 Å². The molecule has 0 spiro atoms. The molecule has 0 aromatic heterocycles. The van der Waals surface area contributed by atoms with Crippen molar-refractivity contribution in [1.29, 1.82) is 0 Å². The summed E-state index contributed by atoms with van der Waals surface area (Å²) < 4.78 is 14.3. The Labute approximate surface area is 199 Å². The Bertz CT molecular complexity index is 1230. The zero-order chi connectivity index (χ0) is 25.7. The molecule has 0 bridgehead atoms. The third-order valence-electron chi connectivity index (χ3n) is 4.91. The predicted molar refractivity (Wildman–Crippen MR) is 120 cm³/mol. The van der Waals surface area contributed by atoms with Gasteiger partial charge < -0.3 is 19.5 Å². The van der Waals surface area contributed by atoms with Gasteiger partial charge in [-0.2, -0.15) is 0 Å². The number of carbonyl (C=O) groups excluding carboxylic acids is 6. The molecule has 0 saturated heterocycles. The van der Waals surface area contributed by atoms with Gasteiger partial charge >= 0.3 is 17.9 Å². The first kappa shape index (κ1) is 24.8. The fourth-order valence-electron chi connectivity index (χ4n) is 3.30. The Kier molecular flexibility index (Phi) is 7.40. The lowest BCUT2D eigenvalue weighted by Gasteiger charge is -2.10. The molecule has 11 heteroatoms. The molecule has 0 saturated carbocycles. The maximum atomic E-state index is 12.4. The molecule has 1 heterocycles. The molecule has 1 aliphatic rings. The molecule has 180 valence electrons. The lowest BCUT2D eigenvalue weighted by Crippen LogP contribution is -2.29. The second kappa shape index (κ2) is 10.4. The molecule has 1 aliphatic heterocycles. The first-order valence-electron chi connectivity index (χ1n) is 10.1. The van der Waals surface area contributed by atoms with E-state index < -0.39 is 42.2 Å². The summed E-state index contributed by atoms with van der Waals surface area (Å²) in [5, 5.41) is 2.42. The Morgan fingerprint density at radius 3 is 2.03 bits per heavy atom. The van der Waals surface area contributed by atoms with E-state index in [-0.39, 0.29) is 40.0 Å². The number of imide groups is 1. The Hall–Kier alpha value is -4.80. The van der Waals surface area contributed by atoms with Crippen molar-refractivity contribution in [2.24, 2.45) is 0 Å². The summed E-state index contributed by atoms with van der Waals surface area (Å²) in [5.41, 5.74) is 0.219. The molecule has 0 aliphatic carbocycles. The summed E-state index contributed by atoms with van der Waals surface area (Å²) in [6, 6.07) is 7.66. The van der Waals surface area contributed by atoms with Crippen LogP contribution in [-0.2, 0) is 19.0 Å². The van der Waals surface area contributed by atoms with Gasteiger partial charge in [-0.15, -0.1) is 6.58 Å². The summed E-state index contributed by atoms with van der Waals surface area (Å²) in [6.45, 7) is 2.83. The molecule has 35 heavy (non-hydrogen) atoms. The molecule has 3 amide bonds. The zero-order valence-corrected chi connectivity index (χ0v) is 18.8. The summed E-state index contributed by atoms with van der Waals surface area (Å²) in [6.07, 6.45) is 1.41. The summed E-state index contributed by atoms with van der Waals surface area (Å²) in [7, 11) is 2.31. The van der Waals surface area contributed by atoms with Crippen LogP contribution in [0.5, 0.6) is 0 Å². The number of hydrogen-bond acceptors (Lipinski definition) is 9. The second-order valence-corrected chi connectivity index (χ2v) is 7.18. The highest BCUT2D eigenvalue weighted by atomic mass is 16.5. The zero-order valence-electron chi connectivity index (χ0n) is 18.8. The van der Waals surface area contributed by atoms with Crippen LogP contribution >= 0.6 is 0 Å². The van der Waals surface area contributed by atoms with Gasteiger partial charge in [0.25, 0.3) is 17.7 Å². The Morgan fingerprint density at radius 2 is 1.46 bits per heavy atom. The van der Waals surface area contributed by atoms with Gasteiger partial charge in [0.05, 0.1) is 42.0 Å². The normalized spacial score (nSPS) is 12.0. The number of hydrogen-bond donors (Lipinski definition) is 1. The number of methoxy groups -OCH3 is 2. The second-order valence-electron chi connectivity index (χ2n) is 7.18. The number of ether oxygens (including phenoxy) is 3. The Balaban J connectivity index is 1.69. The molecule has 0 radical (unpaired) electrons. The molecule has 0 unspecified atom stereocenters. The average Bonchev–Trinajstić information content (AvgIpc) is 3.10. The molecule has 11 nitrogen and oxygen atoms in total. The quantitative estimate of drug-likeness (QED) is 0.259. The average molecular weight is 480 g/mol. The lowest BCUT2D eigenvalue weighted by molar-refractivity contribution is -0.119. The van der Waals surface area contributed by atoms with Crippen molar-refractivity contribution in [2.45, 2.75) is 0 Å². The van der Waals surface area contributed by atoms with Crippen molar-refractivity contribution in [2.75, 3.05) is 32.7 Å². The van der Waals surface area contributed by atoms with Crippen LogP contribution in [0.25, 0.3) is 0 Å². The third-order valence-corrected chi connectivity index (χ3v) is 4.91. The van der Waals surface area contributed by atoms with Crippen LogP contribution in [-0.4, -0.2) is 67.9 Å². The largest absolute Gasteiger partial charge is 0.465 e. The number of amides is 3. The van der Waals surface area contributed by atoms with E-state index in [1.165, 1.54) is 42.5 Å². The van der Waals surface area contributed by atoms with E-state index in [1.807, 2.05) is 0 Å². The molecule has 2 aromatic carbocycles. The van der Waals surface area contributed by atoms with E-state index in [1.54, 1.807) is 0 Å². The maximum Gasteiger partial charge on any atom is 0.338 e. The van der Waals surface area contributed by atoms with Gasteiger partial charge in [0.15, 0.2) is 6.61 Å². The van der Waals surface area contributed by atoms with Crippen LogP contribution in [0.2, 0.25) is 0 Å². The first-order valence-corrected chi connectivity index (χ1v) is 10.1. The number of fused-ring (bicyclic) bond motifs is 1. The van der Waals surface area contributed by atoms with Crippen LogP contribution in [0.1, 0.15) is 51.8 Å². The van der Waals surface area contributed by atoms with Gasteiger partial charge in [-0.3, -0.25) is 19.3 Å². The van der Waals surface area contributed by atoms with E-state index in [2.05, 4.69) is 21.4 Å². The van der Waals surface area contributed by atoms with Gasteiger partial charge in [0.1, 0.15) is 0 Å². The van der Waals surface area contributed by atoms with E-state index in [0.717, 1.165) is 19.1 Å². The van der Waals surface area contributed by atoms with Crippen LogP contribution in [0.4, 0.5) is 5.69 Å². The molecular formula is C24H20N2O9. The van der Waals surface area contributed by atoms with Gasteiger partial charge in [0.2, 0.25) is 0 Å². The highest BCUT2D eigenvalue weighted by Gasteiger charge is 2.35. The van der Waals surface area contributed by atoms with Crippen molar-refractivity contribution in [3.8, 4) is 0 Å². The fourth-order valence-corrected chi connectivity index (χ4v) is 3.30. The Morgan fingerprint density at radius 1 is 0.857 bits per heavy atom. The highest BCUT2D eigenvalue weighted by Crippen LogP contribution is 2.24. The third kappa shape index (κ3) is 5.24. The molecule has 2 aromatic rings. The van der Waals surface area contributed by atoms with Crippen LogP contribution in [0, 0.1) is 0 Å². The molecule has 0 fully saturated rings. The number of nitrogens with zero attached hydrogens (tertiary/aromatic N) is 1. The van der Waals surface area contributed by atoms with Crippen molar-refractivity contribution in [3.63, 3.8) is 0 Å². The van der Waals surface area contributed by atoms with Gasteiger partial charge in [-0.1, -0.05) is 6.08 Å². The minimum absolute atomic E-state index is 0.00875. The standard InChI is InChI=1S/C24H20N2O9/c1-4-7-26-20(28)17-6-5-13(11-18(17)21(26)29)24(32)35-12-19(27)25-16-9-14(22(30)33-2)8-15(10-16)23(31)34-3/h4-6,8-11H,1,7,12H2,2-3H3,(H,25,27). The topological polar surface area (TPSA) is 145 Å². The first-order chi connectivity index (χ1) is 16.7. The van der Waals surface area contributed by atoms with E-state index in [4.69, 9.17) is 4.74 Å². The minimum atomic E-state index is -0.899. The number of carbonyl (C=O) groups is 6. The van der Waals surface area contributed by atoms with E-state index in [0.29, 0.717) is 0 Å². The number of benzene rings is 2. The van der Waals surface area contributed by atoms with Crippen LogP contribution < -0.4 is 5.32 Å². The maximum absolute atomic E-state index is 12.4. The monoisotopic (exact) mass is 480 g/mol. The van der Waals surface area contributed by atoms with Crippen molar-refractivity contribution < 1.29 is 43.0 Å². The smallest absolute Gasteiger partial charge is 0.338 e. The van der Waals surface area contributed by atoms with Crippen LogP contribution in [0.15, 0.2) is 49.1 Å². The van der Waals surface area contributed by atoms with Crippen molar-refractivity contribution in [1.82, 2.24) is 4.90 Å². The number of esters is 3. The number of anilines is 1.